The second kappa shape index (κ2) is 13.1. The van der Waals surface area contributed by atoms with E-state index in [0.29, 0.717) is 6.61 Å². The van der Waals surface area contributed by atoms with E-state index in [2.05, 4.69) is 11.8 Å². The summed E-state index contributed by atoms with van der Waals surface area (Å²) in [4.78, 5) is 15.3. The van der Waals surface area contributed by atoms with Crippen molar-refractivity contribution in [3.63, 3.8) is 0 Å². The first-order valence-corrected chi connectivity index (χ1v) is 9.11. The maximum Gasteiger partial charge on any atom is 0.336 e. The number of carbonyl (C=O) groups is 1. The number of esters is 1. The van der Waals surface area contributed by atoms with Crippen LogP contribution in [-0.2, 0) is 9.53 Å². The first-order chi connectivity index (χ1) is 12.2. The Morgan fingerprint density at radius 3 is 2.20 bits per heavy atom. The SMILES string of the molecule is [C-]#[N+]C(=Cc1ccc(OC)cc1)C(=O)OCCCCCCCCCC. The van der Waals surface area contributed by atoms with Crippen LogP contribution in [0.1, 0.15) is 63.9 Å². The Morgan fingerprint density at radius 2 is 1.64 bits per heavy atom. The van der Waals surface area contributed by atoms with Crippen molar-refractivity contribution in [3.8, 4) is 5.75 Å². The van der Waals surface area contributed by atoms with Gasteiger partial charge in [0.05, 0.1) is 20.3 Å². The molecule has 0 amide bonds. The van der Waals surface area contributed by atoms with E-state index in [4.69, 9.17) is 16.0 Å². The summed E-state index contributed by atoms with van der Waals surface area (Å²) in [5, 5.41) is 0. The van der Waals surface area contributed by atoms with E-state index in [0.717, 1.165) is 24.2 Å². The smallest absolute Gasteiger partial charge is 0.336 e. The van der Waals surface area contributed by atoms with Crippen LogP contribution in [0, 0.1) is 6.57 Å². The number of methoxy groups -OCH3 is 1. The molecule has 0 aliphatic heterocycles. The normalized spacial score (nSPS) is 11.0. The topological polar surface area (TPSA) is 39.9 Å². The minimum absolute atomic E-state index is 0.00438. The summed E-state index contributed by atoms with van der Waals surface area (Å²) in [6.45, 7) is 9.77. The van der Waals surface area contributed by atoms with Crippen LogP contribution in [0.5, 0.6) is 5.75 Å². The van der Waals surface area contributed by atoms with Gasteiger partial charge in [-0.1, -0.05) is 64.0 Å². The number of ether oxygens (including phenoxy) is 2. The fraction of sp³-hybridized carbons (Fsp3) is 0.524. The second-order valence-corrected chi connectivity index (χ2v) is 6.03. The van der Waals surface area contributed by atoms with Crippen LogP contribution in [0.3, 0.4) is 0 Å². The van der Waals surface area contributed by atoms with Crippen molar-refractivity contribution in [2.24, 2.45) is 0 Å². The van der Waals surface area contributed by atoms with Crippen molar-refractivity contribution in [3.05, 3.63) is 46.9 Å². The molecule has 1 aromatic rings. The molecule has 0 spiro atoms. The van der Waals surface area contributed by atoms with Crippen LogP contribution >= 0.6 is 0 Å². The number of carbonyl (C=O) groups excluding carboxylic acids is 1. The van der Waals surface area contributed by atoms with Crippen molar-refractivity contribution >= 4 is 12.0 Å². The summed E-state index contributed by atoms with van der Waals surface area (Å²) < 4.78 is 10.3. The largest absolute Gasteiger partial charge is 0.497 e. The molecule has 1 aromatic carbocycles. The molecule has 0 unspecified atom stereocenters. The quantitative estimate of drug-likeness (QED) is 0.213. The highest BCUT2D eigenvalue weighted by molar-refractivity contribution is 5.95. The van der Waals surface area contributed by atoms with Crippen LogP contribution in [0.2, 0.25) is 0 Å². The first kappa shape index (κ1) is 20.8. The minimum atomic E-state index is -0.547. The van der Waals surface area contributed by atoms with Gasteiger partial charge >= 0.3 is 5.97 Å². The molecule has 25 heavy (non-hydrogen) atoms. The third kappa shape index (κ3) is 8.95. The van der Waals surface area contributed by atoms with E-state index in [1.807, 2.05) is 0 Å². The lowest BCUT2D eigenvalue weighted by Crippen LogP contribution is -2.07. The predicted octanol–water partition coefficient (Wildman–Crippen LogP) is 5.64. The monoisotopic (exact) mass is 343 g/mol. The van der Waals surface area contributed by atoms with Gasteiger partial charge in [0.15, 0.2) is 0 Å². The third-order valence-corrected chi connectivity index (χ3v) is 3.98. The van der Waals surface area contributed by atoms with E-state index in [1.165, 1.54) is 38.5 Å². The third-order valence-electron chi connectivity index (χ3n) is 3.98. The van der Waals surface area contributed by atoms with Gasteiger partial charge in [-0.05, 0) is 30.2 Å². The highest BCUT2D eigenvalue weighted by Crippen LogP contribution is 2.15. The summed E-state index contributed by atoms with van der Waals surface area (Å²) in [7, 11) is 1.60. The Hall–Kier alpha value is -2.28. The van der Waals surface area contributed by atoms with E-state index in [9.17, 15) is 4.79 Å². The van der Waals surface area contributed by atoms with E-state index in [-0.39, 0.29) is 5.70 Å². The number of rotatable bonds is 12. The summed E-state index contributed by atoms with van der Waals surface area (Å²) in [5.74, 6) is 0.188. The molecule has 0 N–H and O–H groups in total. The number of nitrogens with zero attached hydrogens (tertiary/aromatic N) is 1. The van der Waals surface area contributed by atoms with Gasteiger partial charge in [0.1, 0.15) is 5.75 Å². The molecule has 0 saturated heterocycles. The van der Waals surface area contributed by atoms with Crippen LogP contribution in [-0.4, -0.2) is 19.7 Å². The molecule has 136 valence electrons. The van der Waals surface area contributed by atoms with Crippen LogP contribution in [0.15, 0.2) is 30.0 Å². The fourth-order valence-corrected chi connectivity index (χ4v) is 2.47. The standard InChI is InChI=1S/C21H29NO3/c1-4-5-6-7-8-9-10-11-16-25-21(23)20(22-2)17-18-12-14-19(24-3)15-13-18/h12-15,17H,4-11,16H2,1,3H3. The van der Waals surface area contributed by atoms with Gasteiger partial charge in [-0.2, -0.15) is 0 Å². The van der Waals surface area contributed by atoms with Gasteiger partial charge in [-0.3, -0.25) is 4.79 Å². The zero-order valence-electron chi connectivity index (χ0n) is 15.4. The molecule has 0 heterocycles. The van der Waals surface area contributed by atoms with E-state index in [1.54, 1.807) is 37.5 Å². The molecule has 0 saturated carbocycles. The van der Waals surface area contributed by atoms with Gasteiger partial charge < -0.3 is 9.47 Å². The summed E-state index contributed by atoms with van der Waals surface area (Å²) in [6.07, 6.45) is 11.1. The van der Waals surface area contributed by atoms with Crippen molar-refractivity contribution in [2.75, 3.05) is 13.7 Å². The Kier molecular flexibility index (Phi) is 10.8. The van der Waals surface area contributed by atoms with E-state index >= 15 is 0 Å². The van der Waals surface area contributed by atoms with Gasteiger partial charge in [-0.15, -0.1) is 0 Å². The van der Waals surface area contributed by atoms with Gasteiger partial charge in [0.2, 0.25) is 0 Å². The molecule has 0 bridgehead atoms. The second-order valence-electron chi connectivity index (χ2n) is 6.03. The Bertz CT molecular complexity index is 570. The average Bonchev–Trinajstić information content (AvgIpc) is 2.65. The summed E-state index contributed by atoms with van der Waals surface area (Å²) in [5.41, 5.74) is 0.778. The molecular weight excluding hydrogens is 314 g/mol. The van der Waals surface area contributed by atoms with Gasteiger partial charge in [0, 0.05) is 0 Å². The minimum Gasteiger partial charge on any atom is -0.497 e. The number of unbranched alkanes of at least 4 members (excludes halogenated alkanes) is 7. The Balaban J connectivity index is 2.29. The molecule has 0 aliphatic carbocycles. The lowest BCUT2D eigenvalue weighted by molar-refractivity contribution is -0.138. The lowest BCUT2D eigenvalue weighted by atomic mass is 10.1. The molecular formula is C21H29NO3. The van der Waals surface area contributed by atoms with Crippen molar-refractivity contribution in [1.82, 2.24) is 0 Å². The molecule has 1 rings (SSSR count). The molecule has 4 heteroatoms. The van der Waals surface area contributed by atoms with Crippen LogP contribution < -0.4 is 4.74 Å². The maximum absolute atomic E-state index is 12.0. The molecule has 0 radical (unpaired) electrons. The average molecular weight is 343 g/mol. The van der Waals surface area contributed by atoms with Crippen molar-refractivity contribution in [2.45, 2.75) is 58.3 Å². The number of hydrogen-bond acceptors (Lipinski definition) is 3. The molecule has 0 aromatic heterocycles. The zero-order valence-corrected chi connectivity index (χ0v) is 15.4. The zero-order chi connectivity index (χ0) is 18.3. The first-order valence-electron chi connectivity index (χ1n) is 9.11. The molecule has 4 nitrogen and oxygen atoms in total. The highest BCUT2D eigenvalue weighted by atomic mass is 16.5. The van der Waals surface area contributed by atoms with Gasteiger partial charge in [0.25, 0.3) is 5.70 Å². The molecule has 0 aliphatic rings. The number of hydrogen-bond donors (Lipinski definition) is 0. The van der Waals surface area contributed by atoms with E-state index < -0.39 is 5.97 Å². The molecule has 0 atom stereocenters. The highest BCUT2D eigenvalue weighted by Gasteiger charge is 2.11. The Morgan fingerprint density at radius 1 is 1.04 bits per heavy atom. The predicted molar refractivity (Wildman–Crippen MR) is 101 cm³/mol. The van der Waals surface area contributed by atoms with Crippen molar-refractivity contribution < 1.29 is 14.3 Å². The van der Waals surface area contributed by atoms with Crippen LogP contribution in [0.25, 0.3) is 10.9 Å². The number of benzene rings is 1. The fourth-order valence-electron chi connectivity index (χ4n) is 2.47. The summed E-state index contributed by atoms with van der Waals surface area (Å²) >= 11 is 0. The maximum atomic E-state index is 12.0. The molecule has 0 fully saturated rings. The summed E-state index contributed by atoms with van der Waals surface area (Å²) in [6, 6.07) is 7.18. The lowest BCUT2D eigenvalue weighted by Gasteiger charge is -2.05. The van der Waals surface area contributed by atoms with Crippen molar-refractivity contribution in [1.29, 1.82) is 0 Å². The Labute approximate surface area is 151 Å². The van der Waals surface area contributed by atoms with Gasteiger partial charge in [-0.25, -0.2) is 4.85 Å². The van der Waals surface area contributed by atoms with Crippen LogP contribution in [0.4, 0.5) is 0 Å².